The van der Waals surface area contributed by atoms with Crippen molar-refractivity contribution in [3.05, 3.63) is 75.8 Å². The van der Waals surface area contributed by atoms with Gasteiger partial charge in [-0.25, -0.2) is 0 Å². The Bertz CT molecular complexity index is 898. The number of nitro groups is 1. The molecule has 7 nitrogen and oxygen atoms in total. The van der Waals surface area contributed by atoms with E-state index in [0.717, 1.165) is 24.8 Å². The molecular formula is C21H21N3O4. The summed E-state index contributed by atoms with van der Waals surface area (Å²) in [5.41, 5.74) is 1.52. The zero-order valence-corrected chi connectivity index (χ0v) is 15.3. The molecule has 144 valence electrons. The van der Waals surface area contributed by atoms with Crippen LogP contribution in [0.15, 0.2) is 54.6 Å². The van der Waals surface area contributed by atoms with Crippen LogP contribution in [0.1, 0.15) is 36.4 Å². The number of β-lactam (4-membered cyclic amide) rings is 1. The SMILES string of the molecule is O=C(NCc1ccccc1)C(c1ccc([N+](=O)[O-])cc1)N1C(=O)[C@@H]2CCC[C@@H]21. The van der Waals surface area contributed by atoms with Gasteiger partial charge in [0.1, 0.15) is 6.04 Å². The van der Waals surface area contributed by atoms with E-state index in [2.05, 4.69) is 5.32 Å². The van der Waals surface area contributed by atoms with E-state index in [1.807, 2.05) is 30.3 Å². The van der Waals surface area contributed by atoms with Crippen molar-refractivity contribution in [2.45, 2.75) is 37.9 Å². The van der Waals surface area contributed by atoms with Gasteiger partial charge < -0.3 is 10.2 Å². The largest absolute Gasteiger partial charge is 0.350 e. The summed E-state index contributed by atoms with van der Waals surface area (Å²) < 4.78 is 0. The standard InChI is InChI=1S/C21H21N3O4/c25-20(22-13-14-5-2-1-3-6-14)19(15-9-11-16(12-10-15)24(27)28)23-18-8-4-7-17(18)21(23)26/h1-3,5-6,9-12,17-19H,4,7-8,13H2,(H,22,25)/t17-,18+,19?/m1/s1. The predicted octanol–water partition coefficient (Wildman–Crippen LogP) is 2.96. The first-order valence-corrected chi connectivity index (χ1v) is 9.44. The highest BCUT2D eigenvalue weighted by molar-refractivity contribution is 5.94. The number of hydrogen-bond donors (Lipinski definition) is 1. The van der Waals surface area contributed by atoms with Crippen molar-refractivity contribution in [2.24, 2.45) is 5.92 Å². The molecule has 7 heteroatoms. The highest BCUT2D eigenvalue weighted by Crippen LogP contribution is 2.45. The van der Waals surface area contributed by atoms with Gasteiger partial charge in [0, 0.05) is 24.7 Å². The molecule has 1 saturated heterocycles. The molecule has 1 unspecified atom stereocenters. The lowest BCUT2D eigenvalue weighted by Crippen LogP contribution is -2.61. The molecule has 1 saturated carbocycles. The van der Waals surface area contributed by atoms with Crippen LogP contribution in [0.25, 0.3) is 0 Å². The Hall–Kier alpha value is -3.22. The molecule has 2 amide bonds. The number of likely N-dealkylation sites (tertiary alicyclic amines) is 1. The molecule has 1 heterocycles. The van der Waals surface area contributed by atoms with E-state index in [1.54, 1.807) is 17.0 Å². The normalized spacial score (nSPS) is 21.6. The summed E-state index contributed by atoms with van der Waals surface area (Å²) in [5, 5.41) is 13.9. The van der Waals surface area contributed by atoms with Crippen molar-refractivity contribution < 1.29 is 14.5 Å². The Kier molecular flexibility index (Phi) is 4.81. The zero-order valence-electron chi connectivity index (χ0n) is 15.3. The molecule has 1 N–H and O–H groups in total. The molecule has 28 heavy (non-hydrogen) atoms. The number of rotatable bonds is 6. The first-order valence-electron chi connectivity index (χ1n) is 9.44. The van der Waals surface area contributed by atoms with Crippen LogP contribution in [0.3, 0.4) is 0 Å². The third-order valence-electron chi connectivity index (χ3n) is 5.66. The summed E-state index contributed by atoms with van der Waals surface area (Å²) in [6.45, 7) is 0.360. The van der Waals surface area contributed by atoms with Crippen LogP contribution in [-0.2, 0) is 16.1 Å². The van der Waals surface area contributed by atoms with Crippen LogP contribution in [0, 0.1) is 16.0 Å². The number of benzene rings is 2. The maximum Gasteiger partial charge on any atom is 0.269 e. The van der Waals surface area contributed by atoms with E-state index in [9.17, 15) is 19.7 Å². The maximum atomic E-state index is 13.1. The molecule has 1 aliphatic carbocycles. The minimum Gasteiger partial charge on any atom is -0.350 e. The van der Waals surface area contributed by atoms with Crippen LogP contribution < -0.4 is 5.32 Å². The van der Waals surface area contributed by atoms with E-state index >= 15 is 0 Å². The van der Waals surface area contributed by atoms with Gasteiger partial charge in [-0.1, -0.05) is 36.8 Å². The van der Waals surface area contributed by atoms with Crippen molar-refractivity contribution in [3.63, 3.8) is 0 Å². The van der Waals surface area contributed by atoms with Gasteiger partial charge in [0.2, 0.25) is 11.8 Å². The van der Waals surface area contributed by atoms with Crippen LogP contribution in [0.5, 0.6) is 0 Å². The van der Waals surface area contributed by atoms with E-state index < -0.39 is 11.0 Å². The molecule has 2 aromatic carbocycles. The van der Waals surface area contributed by atoms with E-state index in [1.165, 1.54) is 12.1 Å². The second-order valence-corrected chi connectivity index (χ2v) is 7.30. The fraction of sp³-hybridized carbons (Fsp3) is 0.333. The second kappa shape index (κ2) is 7.42. The number of carbonyl (C=O) groups is 2. The topological polar surface area (TPSA) is 92.5 Å². The van der Waals surface area contributed by atoms with Crippen LogP contribution in [0.4, 0.5) is 5.69 Å². The highest BCUT2D eigenvalue weighted by atomic mass is 16.6. The van der Waals surface area contributed by atoms with Crippen molar-refractivity contribution >= 4 is 17.5 Å². The summed E-state index contributed by atoms with van der Waals surface area (Å²) in [7, 11) is 0. The molecule has 2 aromatic rings. The number of fused-ring (bicyclic) bond motifs is 1. The summed E-state index contributed by atoms with van der Waals surface area (Å²) in [4.78, 5) is 37.8. The number of carbonyl (C=O) groups excluding carboxylic acids is 2. The van der Waals surface area contributed by atoms with Crippen molar-refractivity contribution in [1.29, 1.82) is 0 Å². The molecule has 0 spiro atoms. The van der Waals surface area contributed by atoms with Gasteiger partial charge in [0.25, 0.3) is 5.69 Å². The molecule has 0 aromatic heterocycles. The third kappa shape index (κ3) is 3.24. The van der Waals surface area contributed by atoms with Gasteiger partial charge in [0.15, 0.2) is 0 Å². The van der Waals surface area contributed by atoms with Crippen molar-refractivity contribution in [3.8, 4) is 0 Å². The minimum absolute atomic E-state index is 0.000661. The Morgan fingerprint density at radius 3 is 2.54 bits per heavy atom. The Morgan fingerprint density at radius 1 is 1.14 bits per heavy atom. The average Bonchev–Trinajstić information content (AvgIpc) is 3.15. The van der Waals surface area contributed by atoms with Crippen molar-refractivity contribution in [2.75, 3.05) is 0 Å². The minimum atomic E-state index is -0.767. The number of nitrogens with one attached hydrogen (secondary N) is 1. The van der Waals surface area contributed by atoms with Crippen LogP contribution >= 0.6 is 0 Å². The molecule has 1 aliphatic heterocycles. The Balaban J connectivity index is 1.58. The first-order chi connectivity index (χ1) is 13.6. The Morgan fingerprint density at radius 2 is 1.86 bits per heavy atom. The number of non-ortho nitro benzene ring substituents is 1. The second-order valence-electron chi connectivity index (χ2n) is 7.30. The summed E-state index contributed by atoms with van der Waals surface area (Å²) in [6, 6.07) is 14.8. The van der Waals surface area contributed by atoms with Crippen LogP contribution in [0.2, 0.25) is 0 Å². The molecule has 4 rings (SSSR count). The lowest BCUT2D eigenvalue weighted by Gasteiger charge is -2.47. The van der Waals surface area contributed by atoms with Crippen molar-refractivity contribution in [1.82, 2.24) is 10.2 Å². The number of nitrogens with zero attached hydrogens (tertiary/aromatic N) is 2. The molecule has 0 radical (unpaired) electrons. The smallest absolute Gasteiger partial charge is 0.269 e. The van der Waals surface area contributed by atoms with Gasteiger partial charge in [-0.3, -0.25) is 19.7 Å². The lowest BCUT2D eigenvalue weighted by molar-refractivity contribution is -0.384. The first kappa shape index (κ1) is 18.2. The summed E-state index contributed by atoms with van der Waals surface area (Å²) in [5.74, 6) is -0.250. The maximum absolute atomic E-state index is 13.1. The van der Waals surface area contributed by atoms with E-state index in [4.69, 9.17) is 0 Å². The van der Waals surface area contributed by atoms with Gasteiger partial charge in [0.05, 0.1) is 10.8 Å². The predicted molar refractivity (Wildman–Crippen MR) is 102 cm³/mol. The highest BCUT2D eigenvalue weighted by Gasteiger charge is 2.54. The summed E-state index contributed by atoms with van der Waals surface area (Å²) in [6.07, 6.45) is 2.75. The monoisotopic (exact) mass is 379 g/mol. The number of nitro benzene ring substituents is 1. The molecule has 3 atom stereocenters. The fourth-order valence-electron chi connectivity index (χ4n) is 4.25. The molecule has 0 bridgehead atoms. The Labute approximate surface area is 162 Å². The van der Waals surface area contributed by atoms with Crippen LogP contribution in [-0.4, -0.2) is 27.7 Å². The molecule has 2 aliphatic rings. The van der Waals surface area contributed by atoms with Gasteiger partial charge >= 0.3 is 0 Å². The van der Waals surface area contributed by atoms with Gasteiger partial charge in [-0.15, -0.1) is 0 Å². The van der Waals surface area contributed by atoms with E-state index in [-0.39, 0.29) is 29.5 Å². The van der Waals surface area contributed by atoms with Gasteiger partial charge in [-0.2, -0.15) is 0 Å². The average molecular weight is 379 g/mol. The quantitative estimate of drug-likeness (QED) is 0.474. The zero-order chi connectivity index (χ0) is 19.7. The molecule has 2 fully saturated rings. The molecular weight excluding hydrogens is 358 g/mol. The summed E-state index contributed by atoms with van der Waals surface area (Å²) >= 11 is 0. The lowest BCUT2D eigenvalue weighted by atomic mass is 9.86. The van der Waals surface area contributed by atoms with E-state index in [0.29, 0.717) is 12.1 Å². The van der Waals surface area contributed by atoms with Gasteiger partial charge in [-0.05, 0) is 36.1 Å². The fourth-order valence-corrected chi connectivity index (χ4v) is 4.25. The number of amides is 2. The third-order valence-corrected chi connectivity index (χ3v) is 5.66. The number of hydrogen-bond acceptors (Lipinski definition) is 4.